The highest BCUT2D eigenvalue weighted by Gasteiger charge is 2.13. The molecule has 0 saturated carbocycles. The molecule has 0 atom stereocenters. The summed E-state index contributed by atoms with van der Waals surface area (Å²) >= 11 is 0. The zero-order valence-corrected chi connectivity index (χ0v) is 19.1. The Morgan fingerprint density at radius 1 is 0.839 bits per heavy atom. The SMILES string of the molecule is CN1CCN(Cc2ccc(C(=O)C=Cc3ccc(C=CC(=O)O)cc3)cc2)CC1.Cl.Cl. The predicted octanol–water partition coefficient (Wildman–Crippen LogP) is 4.27. The van der Waals surface area contributed by atoms with Crippen LogP contribution >= 0.6 is 24.8 Å². The number of aliphatic carboxylic acids is 1. The topological polar surface area (TPSA) is 60.9 Å². The van der Waals surface area contributed by atoms with Gasteiger partial charge in [0.1, 0.15) is 0 Å². The van der Waals surface area contributed by atoms with E-state index in [1.807, 2.05) is 48.5 Å². The molecule has 1 aliphatic rings. The van der Waals surface area contributed by atoms with Crippen LogP contribution in [0.25, 0.3) is 12.2 Å². The van der Waals surface area contributed by atoms with Crippen molar-refractivity contribution in [1.29, 1.82) is 0 Å². The molecule has 31 heavy (non-hydrogen) atoms. The Balaban J connectivity index is 0.00000240. The van der Waals surface area contributed by atoms with E-state index < -0.39 is 5.97 Å². The van der Waals surface area contributed by atoms with E-state index in [1.54, 1.807) is 12.2 Å². The lowest BCUT2D eigenvalue weighted by molar-refractivity contribution is -0.131. The Hall–Kier alpha value is -2.44. The molecule has 3 rings (SSSR count). The van der Waals surface area contributed by atoms with Crippen molar-refractivity contribution in [3.63, 3.8) is 0 Å². The van der Waals surface area contributed by atoms with Gasteiger partial charge in [-0.05, 0) is 35.9 Å². The third-order valence-corrected chi connectivity index (χ3v) is 5.02. The summed E-state index contributed by atoms with van der Waals surface area (Å²) < 4.78 is 0. The molecule has 0 spiro atoms. The molecule has 0 aliphatic carbocycles. The molecule has 5 nitrogen and oxygen atoms in total. The van der Waals surface area contributed by atoms with Crippen LogP contribution < -0.4 is 0 Å². The zero-order chi connectivity index (χ0) is 20.6. The number of piperazine rings is 1. The number of carboxylic acid groups (broad SMARTS) is 1. The van der Waals surface area contributed by atoms with Gasteiger partial charge < -0.3 is 10.0 Å². The van der Waals surface area contributed by atoms with Crippen molar-refractivity contribution in [2.75, 3.05) is 33.2 Å². The molecular formula is C24H28Cl2N2O3. The largest absolute Gasteiger partial charge is 0.478 e. The summed E-state index contributed by atoms with van der Waals surface area (Å²) in [7, 11) is 2.15. The number of hydrogen-bond acceptors (Lipinski definition) is 4. The number of nitrogens with zero attached hydrogens (tertiary/aromatic N) is 2. The van der Waals surface area contributed by atoms with Crippen LogP contribution in [0.2, 0.25) is 0 Å². The minimum atomic E-state index is -0.978. The number of ketones is 1. The number of likely N-dealkylation sites (N-methyl/N-ethyl adjacent to an activating group) is 1. The lowest BCUT2D eigenvalue weighted by atomic mass is 10.1. The fourth-order valence-corrected chi connectivity index (χ4v) is 3.19. The first-order chi connectivity index (χ1) is 14.0. The Bertz CT molecular complexity index is 901. The summed E-state index contributed by atoms with van der Waals surface area (Å²) in [6, 6.07) is 15.2. The summed E-state index contributed by atoms with van der Waals surface area (Å²) in [6.07, 6.45) is 5.97. The lowest BCUT2D eigenvalue weighted by Gasteiger charge is -2.32. The van der Waals surface area contributed by atoms with Crippen LogP contribution in [0.4, 0.5) is 0 Å². The van der Waals surface area contributed by atoms with Crippen molar-refractivity contribution in [2.24, 2.45) is 0 Å². The molecule has 2 aromatic carbocycles. The van der Waals surface area contributed by atoms with Crippen molar-refractivity contribution >= 4 is 48.7 Å². The van der Waals surface area contributed by atoms with Crippen molar-refractivity contribution < 1.29 is 14.7 Å². The fraction of sp³-hybridized carbons (Fsp3) is 0.250. The molecule has 0 aromatic heterocycles. The van der Waals surface area contributed by atoms with Crippen LogP contribution in [-0.2, 0) is 11.3 Å². The van der Waals surface area contributed by atoms with Crippen LogP contribution in [-0.4, -0.2) is 59.9 Å². The van der Waals surface area contributed by atoms with Gasteiger partial charge in [0.05, 0.1) is 0 Å². The minimum Gasteiger partial charge on any atom is -0.478 e. The second-order valence-corrected chi connectivity index (χ2v) is 7.31. The molecule has 2 aromatic rings. The Kier molecular flexibility index (Phi) is 11.2. The fourth-order valence-electron chi connectivity index (χ4n) is 3.19. The standard InChI is InChI=1S/C24H26N2O3.2ClH/c1-25-14-16-26(17-15-25)18-21-6-10-22(11-7-21)23(27)12-8-19-2-4-20(5-3-19)9-13-24(28)29;;/h2-13H,14-18H2,1H3,(H,28,29);2*1H. The van der Waals surface area contributed by atoms with E-state index in [-0.39, 0.29) is 30.6 Å². The Morgan fingerprint density at radius 2 is 1.35 bits per heavy atom. The van der Waals surface area contributed by atoms with Gasteiger partial charge in [0.25, 0.3) is 0 Å². The second-order valence-electron chi connectivity index (χ2n) is 7.31. The van der Waals surface area contributed by atoms with Crippen LogP contribution in [0, 0.1) is 0 Å². The zero-order valence-electron chi connectivity index (χ0n) is 17.4. The van der Waals surface area contributed by atoms with E-state index >= 15 is 0 Å². The number of allylic oxidation sites excluding steroid dienone is 1. The number of rotatable bonds is 7. The molecule has 1 fully saturated rings. The van der Waals surface area contributed by atoms with Gasteiger partial charge in [-0.1, -0.05) is 54.6 Å². The third kappa shape index (κ3) is 8.67. The highest BCUT2D eigenvalue weighted by atomic mass is 35.5. The maximum Gasteiger partial charge on any atom is 0.328 e. The van der Waals surface area contributed by atoms with Gasteiger partial charge in [-0.3, -0.25) is 9.69 Å². The van der Waals surface area contributed by atoms with Crippen molar-refractivity contribution in [2.45, 2.75) is 6.54 Å². The van der Waals surface area contributed by atoms with Gasteiger partial charge in [0.2, 0.25) is 0 Å². The van der Waals surface area contributed by atoms with E-state index in [9.17, 15) is 9.59 Å². The Labute approximate surface area is 195 Å². The van der Waals surface area contributed by atoms with Gasteiger partial charge in [0.15, 0.2) is 5.78 Å². The van der Waals surface area contributed by atoms with Gasteiger partial charge in [-0.2, -0.15) is 0 Å². The normalized spacial score (nSPS) is 14.9. The predicted molar refractivity (Wildman–Crippen MR) is 130 cm³/mol. The van der Waals surface area contributed by atoms with Crippen molar-refractivity contribution in [3.05, 3.63) is 82.9 Å². The average molecular weight is 463 g/mol. The number of carbonyl (C=O) groups excluding carboxylic acids is 1. The molecule has 0 amide bonds. The average Bonchev–Trinajstić information content (AvgIpc) is 2.73. The van der Waals surface area contributed by atoms with E-state index in [0.717, 1.165) is 49.9 Å². The molecular weight excluding hydrogens is 435 g/mol. The first kappa shape index (κ1) is 26.6. The number of halogens is 2. The first-order valence-electron chi connectivity index (χ1n) is 9.73. The van der Waals surface area contributed by atoms with Crippen LogP contribution in [0.15, 0.2) is 60.7 Å². The summed E-state index contributed by atoms with van der Waals surface area (Å²) in [5.74, 6) is -1.01. The summed E-state index contributed by atoms with van der Waals surface area (Å²) in [5, 5.41) is 8.65. The maximum atomic E-state index is 12.4. The molecule has 0 bridgehead atoms. The van der Waals surface area contributed by atoms with E-state index in [2.05, 4.69) is 16.8 Å². The summed E-state index contributed by atoms with van der Waals surface area (Å²) in [6.45, 7) is 5.26. The van der Waals surface area contributed by atoms with E-state index in [1.165, 1.54) is 11.6 Å². The Morgan fingerprint density at radius 3 is 1.87 bits per heavy atom. The highest BCUT2D eigenvalue weighted by molar-refractivity contribution is 6.06. The molecule has 1 N–H and O–H groups in total. The molecule has 1 aliphatic heterocycles. The molecule has 7 heteroatoms. The van der Waals surface area contributed by atoms with Crippen LogP contribution in [0.3, 0.4) is 0 Å². The maximum absolute atomic E-state index is 12.4. The van der Waals surface area contributed by atoms with Crippen LogP contribution in [0.5, 0.6) is 0 Å². The number of hydrogen-bond donors (Lipinski definition) is 1. The van der Waals surface area contributed by atoms with Crippen molar-refractivity contribution in [1.82, 2.24) is 9.80 Å². The summed E-state index contributed by atoms with van der Waals surface area (Å²) in [5.41, 5.74) is 3.58. The van der Waals surface area contributed by atoms with E-state index in [4.69, 9.17) is 5.11 Å². The monoisotopic (exact) mass is 462 g/mol. The lowest BCUT2D eigenvalue weighted by Crippen LogP contribution is -2.43. The van der Waals surface area contributed by atoms with Crippen molar-refractivity contribution in [3.8, 4) is 0 Å². The molecule has 1 saturated heterocycles. The smallest absolute Gasteiger partial charge is 0.328 e. The van der Waals surface area contributed by atoms with Gasteiger partial charge in [0, 0.05) is 44.4 Å². The van der Waals surface area contributed by atoms with E-state index in [0.29, 0.717) is 5.56 Å². The summed E-state index contributed by atoms with van der Waals surface area (Å²) in [4.78, 5) is 27.7. The van der Waals surface area contributed by atoms with Gasteiger partial charge >= 0.3 is 5.97 Å². The van der Waals surface area contributed by atoms with Gasteiger partial charge in [-0.15, -0.1) is 24.8 Å². The number of benzene rings is 2. The molecule has 0 unspecified atom stereocenters. The quantitative estimate of drug-likeness (QED) is 0.491. The molecule has 1 heterocycles. The second kappa shape index (κ2) is 13.1. The number of carbonyl (C=O) groups is 2. The number of carboxylic acids is 1. The highest BCUT2D eigenvalue weighted by Crippen LogP contribution is 2.12. The van der Waals surface area contributed by atoms with Crippen LogP contribution in [0.1, 0.15) is 27.0 Å². The molecule has 0 radical (unpaired) electrons. The minimum absolute atomic E-state index is 0. The first-order valence-corrected chi connectivity index (χ1v) is 9.73. The van der Waals surface area contributed by atoms with Gasteiger partial charge in [-0.25, -0.2) is 4.79 Å². The third-order valence-electron chi connectivity index (χ3n) is 5.02. The molecule has 166 valence electrons.